The van der Waals surface area contributed by atoms with Gasteiger partial charge in [0.25, 0.3) is 11.8 Å². The predicted octanol–water partition coefficient (Wildman–Crippen LogP) is 6.52. The van der Waals surface area contributed by atoms with Gasteiger partial charge in [-0.2, -0.15) is 0 Å². The molecule has 7 nitrogen and oxygen atoms in total. The summed E-state index contributed by atoms with van der Waals surface area (Å²) in [5, 5.41) is 10.2. The molecular weight excluding hydrogens is 442 g/mol. The summed E-state index contributed by atoms with van der Waals surface area (Å²) in [4.78, 5) is 26.2. The number of furan rings is 1. The number of nitrogens with zero attached hydrogens (tertiary/aromatic N) is 1. The van der Waals surface area contributed by atoms with Gasteiger partial charge in [-0.25, -0.2) is 0 Å². The number of amides is 2. The van der Waals surface area contributed by atoms with Crippen LogP contribution in [0.1, 0.15) is 37.7 Å². The number of carbonyl (C=O) groups excluding carboxylic acids is 2. The molecule has 0 atom stereocenters. The largest absolute Gasteiger partial charge is 0.449 e. The highest BCUT2D eigenvalue weighted by molar-refractivity contribution is 6.16. The standard InChI is InChI=1S/C28H23N3O4/c1-16-7-6-8-20(13-16)29-28(33)26-25(21-9-4-5-10-23(21)34-26)30-27(32)22-15-24(35-31-22)19-12-11-17(2)18(3)14-19/h4-15H,1-3H3,(H,29,33)(H,30,32). The summed E-state index contributed by atoms with van der Waals surface area (Å²) in [5.74, 6) is -0.510. The number of hydrogen-bond acceptors (Lipinski definition) is 5. The van der Waals surface area contributed by atoms with E-state index in [4.69, 9.17) is 8.94 Å². The predicted molar refractivity (Wildman–Crippen MR) is 135 cm³/mol. The second kappa shape index (κ2) is 8.95. The van der Waals surface area contributed by atoms with Crippen molar-refractivity contribution in [1.29, 1.82) is 0 Å². The third-order valence-electron chi connectivity index (χ3n) is 5.85. The van der Waals surface area contributed by atoms with E-state index in [9.17, 15) is 9.59 Å². The maximum Gasteiger partial charge on any atom is 0.293 e. The van der Waals surface area contributed by atoms with Gasteiger partial charge in [0, 0.05) is 22.7 Å². The summed E-state index contributed by atoms with van der Waals surface area (Å²) in [7, 11) is 0. The fourth-order valence-electron chi connectivity index (χ4n) is 3.83. The van der Waals surface area contributed by atoms with Crippen molar-refractivity contribution in [3.8, 4) is 11.3 Å². The van der Waals surface area contributed by atoms with Crippen molar-refractivity contribution in [2.75, 3.05) is 10.6 Å². The molecule has 0 radical (unpaired) electrons. The lowest BCUT2D eigenvalue weighted by atomic mass is 10.0. The van der Waals surface area contributed by atoms with Crippen LogP contribution in [0, 0.1) is 20.8 Å². The van der Waals surface area contributed by atoms with Gasteiger partial charge in [-0.05, 0) is 67.8 Å². The summed E-state index contributed by atoms with van der Waals surface area (Å²) in [6.07, 6.45) is 0. The molecule has 35 heavy (non-hydrogen) atoms. The average Bonchev–Trinajstić information content (AvgIpc) is 3.47. The van der Waals surface area contributed by atoms with Crippen molar-refractivity contribution in [3.63, 3.8) is 0 Å². The minimum absolute atomic E-state index is 0.000987. The third-order valence-corrected chi connectivity index (χ3v) is 5.85. The second-order valence-electron chi connectivity index (χ2n) is 8.46. The van der Waals surface area contributed by atoms with Gasteiger partial charge in [0.2, 0.25) is 5.76 Å². The van der Waals surface area contributed by atoms with E-state index in [1.807, 2.05) is 63.2 Å². The molecule has 7 heteroatoms. The van der Waals surface area contributed by atoms with Crippen LogP contribution in [0.3, 0.4) is 0 Å². The molecule has 0 saturated carbocycles. The summed E-state index contributed by atoms with van der Waals surface area (Å²) in [6, 6.07) is 22.0. The molecule has 0 aliphatic carbocycles. The molecule has 3 aromatic carbocycles. The van der Waals surface area contributed by atoms with Crippen LogP contribution in [0.2, 0.25) is 0 Å². The lowest BCUT2D eigenvalue weighted by Gasteiger charge is -2.07. The van der Waals surface area contributed by atoms with E-state index in [0.29, 0.717) is 22.4 Å². The monoisotopic (exact) mass is 465 g/mol. The number of hydrogen-bond donors (Lipinski definition) is 2. The lowest BCUT2D eigenvalue weighted by molar-refractivity contribution is 0.0999. The minimum atomic E-state index is -0.514. The van der Waals surface area contributed by atoms with E-state index in [0.717, 1.165) is 22.3 Å². The van der Waals surface area contributed by atoms with Crippen LogP contribution in [-0.2, 0) is 0 Å². The van der Waals surface area contributed by atoms with Crippen LogP contribution in [0.15, 0.2) is 81.7 Å². The Hall–Kier alpha value is -4.65. The zero-order valence-corrected chi connectivity index (χ0v) is 19.5. The van der Waals surface area contributed by atoms with Crippen molar-refractivity contribution in [2.45, 2.75) is 20.8 Å². The number of aromatic nitrogens is 1. The number of rotatable bonds is 5. The van der Waals surface area contributed by atoms with Crippen molar-refractivity contribution in [3.05, 3.63) is 101 Å². The van der Waals surface area contributed by atoms with Crippen LogP contribution < -0.4 is 10.6 Å². The molecule has 2 heterocycles. The van der Waals surface area contributed by atoms with Crippen LogP contribution in [0.5, 0.6) is 0 Å². The molecule has 0 fully saturated rings. The lowest BCUT2D eigenvalue weighted by Crippen LogP contribution is -2.17. The number of anilines is 2. The number of fused-ring (bicyclic) bond motifs is 1. The van der Waals surface area contributed by atoms with Crippen molar-refractivity contribution in [1.82, 2.24) is 5.16 Å². The van der Waals surface area contributed by atoms with Gasteiger partial charge in [-0.3, -0.25) is 9.59 Å². The molecule has 0 saturated heterocycles. The molecule has 0 aliphatic rings. The molecule has 2 amide bonds. The summed E-state index contributed by atoms with van der Waals surface area (Å²) >= 11 is 0. The molecule has 174 valence electrons. The first-order valence-corrected chi connectivity index (χ1v) is 11.1. The molecule has 0 spiro atoms. The van der Waals surface area contributed by atoms with Crippen LogP contribution in [0.25, 0.3) is 22.3 Å². The molecular formula is C28H23N3O4. The zero-order valence-electron chi connectivity index (χ0n) is 19.5. The van der Waals surface area contributed by atoms with E-state index in [2.05, 4.69) is 15.8 Å². The molecule has 0 aliphatic heterocycles. The van der Waals surface area contributed by atoms with Gasteiger partial charge in [0.1, 0.15) is 11.3 Å². The van der Waals surface area contributed by atoms with E-state index in [1.54, 1.807) is 30.3 Å². The minimum Gasteiger partial charge on any atom is -0.449 e. The summed E-state index contributed by atoms with van der Waals surface area (Å²) in [6.45, 7) is 5.98. The molecule has 0 unspecified atom stereocenters. The molecule has 5 rings (SSSR count). The molecule has 2 N–H and O–H groups in total. The average molecular weight is 466 g/mol. The Labute approximate surface area is 201 Å². The van der Waals surface area contributed by atoms with Crippen molar-refractivity contribution >= 4 is 34.2 Å². The first kappa shape index (κ1) is 22.2. The highest BCUT2D eigenvalue weighted by Gasteiger charge is 2.24. The summed E-state index contributed by atoms with van der Waals surface area (Å²) < 4.78 is 11.3. The number of nitrogens with one attached hydrogen (secondary N) is 2. The maximum absolute atomic E-state index is 13.1. The maximum atomic E-state index is 13.1. The Morgan fingerprint density at radius 2 is 1.63 bits per heavy atom. The Morgan fingerprint density at radius 3 is 2.43 bits per heavy atom. The fraction of sp³-hybridized carbons (Fsp3) is 0.107. The SMILES string of the molecule is Cc1cccc(NC(=O)c2oc3ccccc3c2NC(=O)c2cc(-c3ccc(C)c(C)c3)on2)c1. The van der Waals surface area contributed by atoms with Gasteiger partial charge < -0.3 is 19.6 Å². The van der Waals surface area contributed by atoms with Gasteiger partial charge in [0.05, 0.1) is 0 Å². The zero-order chi connectivity index (χ0) is 24.5. The van der Waals surface area contributed by atoms with Crippen LogP contribution in [0.4, 0.5) is 11.4 Å². The Kier molecular flexibility index (Phi) is 5.66. The number of benzene rings is 3. The van der Waals surface area contributed by atoms with E-state index in [1.165, 1.54) is 0 Å². The summed E-state index contributed by atoms with van der Waals surface area (Å²) in [5.41, 5.74) is 5.57. The first-order valence-electron chi connectivity index (χ1n) is 11.1. The molecule has 0 bridgehead atoms. The fourth-order valence-corrected chi connectivity index (χ4v) is 3.83. The van der Waals surface area contributed by atoms with Crippen LogP contribution >= 0.6 is 0 Å². The molecule has 2 aromatic heterocycles. The van der Waals surface area contributed by atoms with E-state index >= 15 is 0 Å². The Bertz CT molecular complexity index is 1580. The first-order chi connectivity index (χ1) is 16.9. The van der Waals surface area contributed by atoms with E-state index in [-0.39, 0.29) is 17.1 Å². The second-order valence-corrected chi connectivity index (χ2v) is 8.46. The number of para-hydroxylation sites is 1. The number of carbonyl (C=O) groups is 2. The topological polar surface area (TPSA) is 97.4 Å². The quantitative estimate of drug-likeness (QED) is 0.308. The Balaban J connectivity index is 1.45. The van der Waals surface area contributed by atoms with Gasteiger partial charge >= 0.3 is 0 Å². The number of aryl methyl sites for hydroxylation is 3. The Morgan fingerprint density at radius 1 is 0.800 bits per heavy atom. The van der Waals surface area contributed by atoms with Crippen molar-refractivity contribution < 1.29 is 18.5 Å². The smallest absolute Gasteiger partial charge is 0.293 e. The van der Waals surface area contributed by atoms with E-state index < -0.39 is 11.8 Å². The normalized spacial score (nSPS) is 10.9. The third kappa shape index (κ3) is 4.44. The van der Waals surface area contributed by atoms with Gasteiger partial charge in [-0.15, -0.1) is 0 Å². The molecule has 5 aromatic rings. The van der Waals surface area contributed by atoms with Gasteiger partial charge in [-0.1, -0.05) is 41.6 Å². The van der Waals surface area contributed by atoms with Crippen LogP contribution in [-0.4, -0.2) is 17.0 Å². The van der Waals surface area contributed by atoms with Gasteiger partial charge in [0.15, 0.2) is 11.5 Å². The highest BCUT2D eigenvalue weighted by atomic mass is 16.5. The van der Waals surface area contributed by atoms with Crippen molar-refractivity contribution in [2.24, 2.45) is 0 Å². The highest BCUT2D eigenvalue weighted by Crippen LogP contribution is 2.32.